The highest BCUT2D eigenvalue weighted by atomic mass is 19.4. The van der Waals surface area contributed by atoms with Crippen LogP contribution in [0.2, 0.25) is 0 Å². The van der Waals surface area contributed by atoms with Crippen LogP contribution in [0.15, 0.2) is 36.9 Å². The number of alkyl halides is 3. The Morgan fingerprint density at radius 1 is 1.24 bits per heavy atom. The van der Waals surface area contributed by atoms with Gasteiger partial charge in [-0.15, -0.1) is 0 Å². The molecule has 1 aromatic carbocycles. The van der Waals surface area contributed by atoms with E-state index >= 15 is 4.39 Å². The Labute approximate surface area is 213 Å². The van der Waals surface area contributed by atoms with Gasteiger partial charge in [0.1, 0.15) is 12.4 Å². The number of carbonyl (C=O) groups excluding carboxylic acids is 1. The van der Waals surface area contributed by atoms with Crippen molar-refractivity contribution in [3.05, 3.63) is 59.6 Å². The Bertz CT molecular complexity index is 1540. The van der Waals surface area contributed by atoms with E-state index in [1.807, 2.05) is 0 Å². The van der Waals surface area contributed by atoms with Crippen LogP contribution in [-0.4, -0.2) is 61.1 Å². The van der Waals surface area contributed by atoms with Gasteiger partial charge in [-0.05, 0) is 24.6 Å². The third kappa shape index (κ3) is 4.63. The fourth-order valence-electron chi connectivity index (χ4n) is 4.43. The molecule has 3 aromatic heterocycles. The number of hydrogen-bond acceptors (Lipinski definition) is 7. The van der Waals surface area contributed by atoms with Gasteiger partial charge in [-0.2, -0.15) is 23.5 Å². The van der Waals surface area contributed by atoms with Gasteiger partial charge in [-0.3, -0.25) is 13.9 Å². The summed E-state index contributed by atoms with van der Waals surface area (Å²) in [6.07, 6.45) is 0.417. The lowest BCUT2D eigenvalue weighted by molar-refractivity contribution is -0.141. The average molecular weight is 527 g/mol. The smallest absolute Gasteiger partial charge is 0.337 e. The molecule has 0 spiro atoms. The summed E-state index contributed by atoms with van der Waals surface area (Å²) in [7, 11) is 0. The summed E-state index contributed by atoms with van der Waals surface area (Å²) >= 11 is 0. The van der Waals surface area contributed by atoms with Crippen LogP contribution >= 0.6 is 0 Å². The molecule has 1 aliphatic heterocycles. The number of benzene rings is 1. The van der Waals surface area contributed by atoms with Crippen LogP contribution in [0.25, 0.3) is 16.9 Å². The van der Waals surface area contributed by atoms with Crippen LogP contribution in [0.4, 0.5) is 29.1 Å². The van der Waals surface area contributed by atoms with Crippen molar-refractivity contribution >= 4 is 23.1 Å². The van der Waals surface area contributed by atoms with Crippen molar-refractivity contribution < 1.29 is 22.4 Å². The highest BCUT2D eigenvalue weighted by Crippen LogP contribution is 2.37. The fraction of sp³-hybridized carbons (Fsp3) is 0.292. The van der Waals surface area contributed by atoms with E-state index in [2.05, 4.69) is 25.7 Å². The summed E-state index contributed by atoms with van der Waals surface area (Å²) in [6, 6.07) is 4.54. The first kappa shape index (κ1) is 25.2. The van der Waals surface area contributed by atoms with E-state index in [1.54, 1.807) is 24.0 Å². The van der Waals surface area contributed by atoms with E-state index in [1.165, 1.54) is 29.1 Å². The second-order valence-corrected chi connectivity index (χ2v) is 8.67. The maximum absolute atomic E-state index is 15.1. The standard InChI is InChI=1S/C24H21F4N9O/c1-14-10-15(11-17(25)19(14)23(38)35-7-3-30-4-8-35)33-21-22-32-12-18(37(22)9-5-31-21)16-13-36(6-2-29)34-20(16)24(26,27)28/h5,9-13,30H,3-4,6-8H2,1H3,(H,31,33). The molecule has 38 heavy (non-hydrogen) atoms. The van der Waals surface area contributed by atoms with E-state index < -0.39 is 17.7 Å². The van der Waals surface area contributed by atoms with E-state index in [0.717, 1.165) is 10.9 Å². The largest absolute Gasteiger partial charge is 0.435 e. The highest BCUT2D eigenvalue weighted by molar-refractivity contribution is 5.96. The lowest BCUT2D eigenvalue weighted by Crippen LogP contribution is -2.46. The van der Waals surface area contributed by atoms with Gasteiger partial charge in [0.05, 0.1) is 29.1 Å². The number of aryl methyl sites for hydroxylation is 1. The lowest BCUT2D eigenvalue weighted by Gasteiger charge is -2.28. The Balaban J connectivity index is 1.49. The summed E-state index contributed by atoms with van der Waals surface area (Å²) < 4.78 is 58.4. The number of piperazine rings is 1. The third-order valence-electron chi connectivity index (χ3n) is 6.14. The van der Waals surface area contributed by atoms with E-state index in [-0.39, 0.29) is 40.7 Å². The Morgan fingerprint density at radius 3 is 2.68 bits per heavy atom. The number of imidazole rings is 1. The van der Waals surface area contributed by atoms with E-state index in [9.17, 15) is 18.0 Å². The van der Waals surface area contributed by atoms with Gasteiger partial charge < -0.3 is 15.5 Å². The molecule has 0 bridgehead atoms. The predicted molar refractivity (Wildman–Crippen MR) is 128 cm³/mol. The van der Waals surface area contributed by atoms with Gasteiger partial charge in [0.2, 0.25) is 0 Å². The lowest BCUT2D eigenvalue weighted by atomic mass is 10.1. The molecule has 1 saturated heterocycles. The van der Waals surface area contributed by atoms with Crippen LogP contribution in [0, 0.1) is 24.1 Å². The molecule has 0 atom stereocenters. The summed E-state index contributed by atoms with van der Waals surface area (Å²) in [5.41, 5.74) is -0.435. The molecule has 1 amide bonds. The normalized spacial score (nSPS) is 14.1. The maximum Gasteiger partial charge on any atom is 0.435 e. The number of nitriles is 1. The number of aromatic nitrogens is 5. The highest BCUT2D eigenvalue weighted by Gasteiger charge is 2.38. The van der Waals surface area contributed by atoms with Gasteiger partial charge in [0.15, 0.2) is 17.2 Å². The zero-order valence-corrected chi connectivity index (χ0v) is 20.1. The molecule has 2 N–H and O–H groups in total. The van der Waals surface area contributed by atoms with Crippen molar-refractivity contribution in [2.45, 2.75) is 19.6 Å². The molecule has 0 saturated carbocycles. The van der Waals surface area contributed by atoms with Gasteiger partial charge in [0.25, 0.3) is 5.91 Å². The van der Waals surface area contributed by atoms with Gasteiger partial charge in [-0.1, -0.05) is 0 Å². The molecule has 196 valence electrons. The first-order chi connectivity index (χ1) is 18.2. The molecule has 10 nitrogen and oxygen atoms in total. The fourth-order valence-corrected chi connectivity index (χ4v) is 4.43. The van der Waals surface area contributed by atoms with Crippen LogP contribution in [-0.2, 0) is 12.7 Å². The number of fused-ring (bicyclic) bond motifs is 1. The summed E-state index contributed by atoms with van der Waals surface area (Å²) in [5.74, 6) is -0.924. The van der Waals surface area contributed by atoms with Crippen LogP contribution in [0.5, 0.6) is 0 Å². The molecule has 14 heteroatoms. The summed E-state index contributed by atoms with van der Waals surface area (Å²) in [6.45, 7) is 3.51. The molecule has 0 radical (unpaired) electrons. The van der Waals surface area contributed by atoms with Crippen molar-refractivity contribution in [2.75, 3.05) is 31.5 Å². The monoisotopic (exact) mass is 527 g/mol. The maximum atomic E-state index is 15.1. The molecule has 1 fully saturated rings. The zero-order valence-electron chi connectivity index (χ0n) is 20.1. The minimum Gasteiger partial charge on any atom is -0.337 e. The number of halogens is 4. The number of rotatable bonds is 5. The average Bonchev–Trinajstić information content (AvgIpc) is 3.49. The summed E-state index contributed by atoms with van der Waals surface area (Å²) in [5, 5.41) is 18.5. The molecule has 0 unspecified atom stereocenters. The molecule has 1 aliphatic rings. The second kappa shape index (κ2) is 9.75. The minimum absolute atomic E-state index is 0.0132. The third-order valence-corrected chi connectivity index (χ3v) is 6.14. The number of hydrogen-bond donors (Lipinski definition) is 2. The van der Waals surface area contributed by atoms with Crippen molar-refractivity contribution in [1.82, 2.24) is 34.4 Å². The molecule has 4 heterocycles. The minimum atomic E-state index is -4.76. The van der Waals surface area contributed by atoms with Crippen molar-refractivity contribution in [1.29, 1.82) is 5.26 Å². The van der Waals surface area contributed by atoms with Gasteiger partial charge >= 0.3 is 6.18 Å². The number of amides is 1. The van der Waals surface area contributed by atoms with Crippen LogP contribution < -0.4 is 10.6 Å². The number of nitrogens with zero attached hydrogens (tertiary/aromatic N) is 7. The summed E-state index contributed by atoms with van der Waals surface area (Å²) in [4.78, 5) is 22.9. The van der Waals surface area contributed by atoms with Crippen molar-refractivity contribution in [2.24, 2.45) is 0 Å². The zero-order chi connectivity index (χ0) is 27.0. The van der Waals surface area contributed by atoms with Crippen LogP contribution in [0.1, 0.15) is 21.6 Å². The topological polar surface area (TPSA) is 116 Å². The second-order valence-electron chi connectivity index (χ2n) is 8.67. The molecule has 0 aliphatic carbocycles. The predicted octanol–water partition coefficient (Wildman–Crippen LogP) is 3.37. The first-order valence-electron chi connectivity index (χ1n) is 11.6. The molecular weight excluding hydrogens is 506 g/mol. The number of nitrogens with one attached hydrogen (secondary N) is 2. The van der Waals surface area contributed by atoms with Gasteiger partial charge in [0, 0.05) is 50.5 Å². The first-order valence-corrected chi connectivity index (χ1v) is 11.6. The molecule has 5 rings (SSSR count). The number of anilines is 2. The Kier molecular flexibility index (Phi) is 6.45. The molecular formula is C24H21F4N9O. The Hall–Kier alpha value is -4.51. The van der Waals surface area contributed by atoms with Crippen LogP contribution in [0.3, 0.4) is 0 Å². The quantitative estimate of drug-likeness (QED) is 0.383. The van der Waals surface area contributed by atoms with Crippen molar-refractivity contribution in [3.8, 4) is 17.3 Å². The number of carbonyl (C=O) groups is 1. The van der Waals surface area contributed by atoms with E-state index in [0.29, 0.717) is 37.4 Å². The van der Waals surface area contributed by atoms with Gasteiger partial charge in [-0.25, -0.2) is 14.4 Å². The SMILES string of the molecule is Cc1cc(Nc2nccn3c(-c4cn(CC#N)nc4C(F)(F)F)cnc23)cc(F)c1C(=O)N1CCNCC1. The molecule has 4 aromatic rings. The van der Waals surface area contributed by atoms with Crippen molar-refractivity contribution in [3.63, 3.8) is 0 Å². The Morgan fingerprint density at radius 2 is 2.00 bits per heavy atom. The van der Waals surface area contributed by atoms with E-state index in [4.69, 9.17) is 5.26 Å².